The molecule has 0 aliphatic rings. The van der Waals surface area contributed by atoms with Crippen molar-refractivity contribution < 1.29 is 19.1 Å². The molecule has 9 heteroatoms. The molecule has 0 saturated carbocycles. The zero-order valence-corrected chi connectivity index (χ0v) is 19.5. The van der Waals surface area contributed by atoms with E-state index in [9.17, 15) is 9.59 Å². The minimum atomic E-state index is -0.941. The fourth-order valence-electron chi connectivity index (χ4n) is 2.20. The molecule has 0 saturated heterocycles. The Kier molecular flexibility index (Phi) is 6.97. The van der Waals surface area contributed by atoms with Gasteiger partial charge < -0.3 is 9.47 Å². The molecule has 2 amide bonds. The summed E-state index contributed by atoms with van der Waals surface area (Å²) in [6.45, 7) is 14.2. The van der Waals surface area contributed by atoms with E-state index in [1.165, 1.54) is 6.20 Å². The lowest BCUT2D eigenvalue weighted by atomic mass is 10.1. The number of nitrogens with zero attached hydrogens (tertiary/aromatic N) is 4. The van der Waals surface area contributed by atoms with Gasteiger partial charge in [-0.1, -0.05) is 6.58 Å². The zero-order valence-electron chi connectivity index (χ0n) is 17.9. The molecular weight excluding hydrogens is 452 g/mol. The molecule has 0 aliphatic carbocycles. The summed E-state index contributed by atoms with van der Waals surface area (Å²) in [6, 6.07) is 3.45. The van der Waals surface area contributed by atoms with Gasteiger partial charge in [-0.2, -0.15) is 0 Å². The van der Waals surface area contributed by atoms with Crippen molar-refractivity contribution in [2.24, 2.45) is 0 Å². The highest BCUT2D eigenvalue weighted by Gasteiger charge is 2.34. The number of rotatable bonds is 3. The second kappa shape index (κ2) is 8.91. The van der Waals surface area contributed by atoms with Crippen molar-refractivity contribution in [3.63, 3.8) is 0 Å². The van der Waals surface area contributed by atoms with Crippen LogP contribution in [0, 0.1) is 0 Å². The minimum Gasteiger partial charge on any atom is -0.443 e. The van der Waals surface area contributed by atoms with Crippen LogP contribution in [0.1, 0.15) is 52.8 Å². The Balaban J connectivity index is 2.45. The summed E-state index contributed by atoms with van der Waals surface area (Å²) in [7, 11) is 0. The van der Waals surface area contributed by atoms with Crippen LogP contribution in [0.5, 0.6) is 0 Å². The van der Waals surface area contributed by atoms with Crippen LogP contribution in [0.3, 0.4) is 0 Å². The third kappa shape index (κ3) is 6.62. The molecule has 0 fully saturated rings. The van der Waals surface area contributed by atoms with Gasteiger partial charge in [-0.05, 0) is 69.6 Å². The molecule has 0 bridgehead atoms. The van der Waals surface area contributed by atoms with Crippen LogP contribution in [-0.4, -0.2) is 38.3 Å². The summed E-state index contributed by atoms with van der Waals surface area (Å²) >= 11 is 3.37. The number of imide groups is 1. The summed E-state index contributed by atoms with van der Waals surface area (Å²) in [5.41, 5.74) is 0.00839. The first-order chi connectivity index (χ1) is 13.8. The van der Waals surface area contributed by atoms with E-state index in [-0.39, 0.29) is 5.95 Å². The van der Waals surface area contributed by atoms with E-state index in [0.29, 0.717) is 16.2 Å². The minimum absolute atomic E-state index is 0.180. The Morgan fingerprint density at radius 1 is 1.03 bits per heavy atom. The van der Waals surface area contributed by atoms with E-state index in [0.717, 1.165) is 10.0 Å². The average Bonchev–Trinajstić information content (AvgIpc) is 2.58. The number of aromatic nitrogens is 3. The largest absolute Gasteiger partial charge is 0.443 e. The van der Waals surface area contributed by atoms with Crippen molar-refractivity contribution in [1.29, 1.82) is 0 Å². The van der Waals surface area contributed by atoms with Crippen LogP contribution in [0.25, 0.3) is 5.57 Å². The molecule has 8 nitrogen and oxygen atoms in total. The van der Waals surface area contributed by atoms with Crippen LogP contribution in [0.4, 0.5) is 15.5 Å². The molecule has 0 radical (unpaired) electrons. The predicted octanol–water partition coefficient (Wildman–Crippen LogP) is 5.37. The Bertz CT molecular complexity index is 936. The monoisotopic (exact) mass is 476 g/mol. The Morgan fingerprint density at radius 3 is 2.10 bits per heavy atom. The lowest BCUT2D eigenvalue weighted by Gasteiger charge is -2.27. The zero-order chi connectivity index (χ0) is 22.7. The molecule has 2 rings (SSSR count). The fraction of sp³-hybridized carbons (Fsp3) is 0.381. The quantitative estimate of drug-likeness (QED) is 0.587. The van der Waals surface area contributed by atoms with Crippen LogP contribution in [0.2, 0.25) is 0 Å². The third-order valence-corrected chi connectivity index (χ3v) is 3.79. The Morgan fingerprint density at radius 2 is 1.60 bits per heavy atom. The van der Waals surface area contributed by atoms with Gasteiger partial charge in [0.15, 0.2) is 0 Å². The number of halogens is 1. The molecule has 0 N–H and O–H groups in total. The highest BCUT2D eigenvalue weighted by molar-refractivity contribution is 9.10. The van der Waals surface area contributed by atoms with Gasteiger partial charge in [0.05, 0.1) is 5.69 Å². The Labute approximate surface area is 184 Å². The van der Waals surface area contributed by atoms with Gasteiger partial charge in [-0.3, -0.25) is 4.98 Å². The first-order valence-corrected chi connectivity index (χ1v) is 9.95. The number of hydrogen-bond acceptors (Lipinski definition) is 7. The molecule has 2 heterocycles. The second-order valence-corrected chi connectivity index (χ2v) is 9.32. The number of ether oxygens (including phenoxy) is 2. The summed E-state index contributed by atoms with van der Waals surface area (Å²) < 4.78 is 11.5. The first kappa shape index (κ1) is 23.5. The molecular formula is C21H25BrN4O4. The maximum absolute atomic E-state index is 12.8. The number of carbonyl (C=O) groups is 2. The number of carbonyl (C=O) groups excluding carboxylic acids is 2. The molecule has 2 aromatic rings. The van der Waals surface area contributed by atoms with E-state index < -0.39 is 23.4 Å². The predicted molar refractivity (Wildman–Crippen MR) is 117 cm³/mol. The SMILES string of the molecule is C=C(c1cncc(Br)c1)c1ccnc(N(C(=O)OC(C)(C)C)C(=O)OC(C)(C)C)n1. The molecule has 0 atom stereocenters. The van der Waals surface area contributed by atoms with Crippen molar-refractivity contribution >= 4 is 39.6 Å². The summed E-state index contributed by atoms with van der Waals surface area (Å²) in [5.74, 6) is -0.180. The van der Waals surface area contributed by atoms with Crippen LogP contribution < -0.4 is 4.90 Å². The van der Waals surface area contributed by atoms with Crippen molar-refractivity contribution in [1.82, 2.24) is 15.0 Å². The van der Waals surface area contributed by atoms with E-state index in [1.54, 1.807) is 60.0 Å². The molecule has 30 heavy (non-hydrogen) atoms. The normalized spacial score (nSPS) is 11.6. The van der Waals surface area contributed by atoms with E-state index >= 15 is 0 Å². The number of hydrogen-bond donors (Lipinski definition) is 0. The van der Waals surface area contributed by atoms with Crippen molar-refractivity contribution in [2.75, 3.05) is 4.90 Å². The standard InChI is InChI=1S/C21H25BrN4O4/c1-13(14-10-15(22)12-23-11-14)16-8-9-24-17(25-16)26(18(27)29-20(2,3)4)19(28)30-21(5,6)7/h8-12H,1H2,2-7H3. The van der Waals surface area contributed by atoms with E-state index in [4.69, 9.17) is 9.47 Å². The third-order valence-electron chi connectivity index (χ3n) is 3.36. The molecule has 0 aromatic carbocycles. The smallest absolute Gasteiger partial charge is 0.427 e. The summed E-state index contributed by atoms with van der Waals surface area (Å²) in [5, 5.41) is 0. The highest BCUT2D eigenvalue weighted by Crippen LogP contribution is 2.24. The van der Waals surface area contributed by atoms with E-state index in [2.05, 4.69) is 37.5 Å². The molecule has 0 aliphatic heterocycles. The lowest BCUT2D eigenvalue weighted by Crippen LogP contribution is -2.44. The van der Waals surface area contributed by atoms with Crippen molar-refractivity contribution in [3.8, 4) is 0 Å². The second-order valence-electron chi connectivity index (χ2n) is 8.41. The highest BCUT2D eigenvalue weighted by atomic mass is 79.9. The molecule has 160 valence electrons. The van der Waals surface area contributed by atoms with Crippen LogP contribution in [-0.2, 0) is 9.47 Å². The number of anilines is 1. The molecule has 2 aromatic heterocycles. The van der Waals surface area contributed by atoms with Gasteiger partial charge in [0.25, 0.3) is 0 Å². The molecule has 0 unspecified atom stereocenters. The first-order valence-electron chi connectivity index (χ1n) is 9.16. The maximum atomic E-state index is 12.8. The number of pyridine rings is 1. The van der Waals surface area contributed by atoms with Crippen LogP contribution >= 0.6 is 15.9 Å². The van der Waals surface area contributed by atoms with Gasteiger partial charge in [0.1, 0.15) is 11.2 Å². The average molecular weight is 477 g/mol. The summed E-state index contributed by atoms with van der Waals surface area (Å²) in [6.07, 6.45) is 2.83. The fourth-order valence-corrected chi connectivity index (χ4v) is 2.57. The van der Waals surface area contributed by atoms with Gasteiger partial charge >= 0.3 is 12.2 Å². The van der Waals surface area contributed by atoms with Crippen LogP contribution in [0.15, 0.2) is 41.8 Å². The Hall–Kier alpha value is -2.81. The lowest BCUT2D eigenvalue weighted by molar-refractivity contribution is 0.0427. The topological polar surface area (TPSA) is 94.5 Å². The van der Waals surface area contributed by atoms with Gasteiger partial charge in [0.2, 0.25) is 5.95 Å². The van der Waals surface area contributed by atoms with Crippen molar-refractivity contribution in [3.05, 3.63) is 53.0 Å². The van der Waals surface area contributed by atoms with Gasteiger partial charge in [-0.15, -0.1) is 4.90 Å². The maximum Gasteiger partial charge on any atom is 0.427 e. The van der Waals surface area contributed by atoms with Crippen molar-refractivity contribution in [2.45, 2.75) is 52.7 Å². The number of amides is 2. The summed E-state index contributed by atoms with van der Waals surface area (Å²) in [4.78, 5) is 38.8. The molecule has 0 spiro atoms. The van der Waals surface area contributed by atoms with Gasteiger partial charge in [0, 0.05) is 34.2 Å². The van der Waals surface area contributed by atoms with E-state index in [1.807, 2.05) is 6.07 Å². The van der Waals surface area contributed by atoms with Gasteiger partial charge in [-0.25, -0.2) is 19.6 Å².